The summed E-state index contributed by atoms with van der Waals surface area (Å²) in [5.74, 6) is -0.416. The highest BCUT2D eigenvalue weighted by Crippen LogP contribution is 2.56. The number of hydrogen-bond donors (Lipinski definition) is 2. The molecule has 1 aliphatic rings. The molecule has 0 unspecified atom stereocenters. The van der Waals surface area contributed by atoms with Crippen LogP contribution in [0.3, 0.4) is 0 Å². The quantitative estimate of drug-likeness (QED) is 0.240. The lowest BCUT2D eigenvalue weighted by molar-refractivity contribution is -0.236. The Morgan fingerprint density at radius 1 is 1.00 bits per heavy atom. The first kappa shape index (κ1) is 27.5. The van der Waals surface area contributed by atoms with Gasteiger partial charge in [-0.05, 0) is 54.4 Å². The van der Waals surface area contributed by atoms with Crippen LogP contribution >= 0.6 is 8.17 Å². The molecule has 0 aromatic carbocycles. The molecule has 1 fully saturated rings. The minimum absolute atomic E-state index is 0.176. The Hall–Kier alpha value is -1.52. The van der Waals surface area contributed by atoms with Crippen LogP contribution in [0.5, 0.6) is 0 Å². The molecule has 2 N–H and O–H groups in total. The van der Waals surface area contributed by atoms with E-state index in [9.17, 15) is 14.5 Å². The summed E-state index contributed by atoms with van der Waals surface area (Å²) in [6.07, 6.45) is 1.10. The molecule has 0 spiro atoms. The molecule has 0 bridgehead atoms. The van der Waals surface area contributed by atoms with Gasteiger partial charge in [-0.15, -0.1) is 0 Å². The van der Waals surface area contributed by atoms with E-state index in [-0.39, 0.29) is 26.4 Å². The predicted molar refractivity (Wildman–Crippen MR) is 113 cm³/mol. The lowest BCUT2D eigenvalue weighted by Crippen LogP contribution is -2.49. The van der Waals surface area contributed by atoms with Crippen molar-refractivity contribution < 1.29 is 37.5 Å². The Labute approximate surface area is 184 Å². The van der Waals surface area contributed by atoms with Gasteiger partial charge in [0.15, 0.2) is 0 Å². The molecule has 2 amide bonds. The van der Waals surface area contributed by atoms with E-state index >= 15 is 0 Å². The maximum absolute atomic E-state index is 12.5. The van der Waals surface area contributed by atoms with Crippen molar-refractivity contribution in [1.29, 1.82) is 5.41 Å². The molecule has 31 heavy (non-hydrogen) atoms. The maximum atomic E-state index is 12.5. The van der Waals surface area contributed by atoms with Crippen molar-refractivity contribution in [2.45, 2.75) is 78.4 Å². The zero-order chi connectivity index (χ0) is 23.7. The van der Waals surface area contributed by atoms with Gasteiger partial charge in [0.25, 0.3) is 0 Å². The van der Waals surface area contributed by atoms with Gasteiger partial charge in [0.2, 0.25) is 5.96 Å². The minimum Gasteiger partial charge on any atom is -0.606 e. The van der Waals surface area contributed by atoms with E-state index in [1.54, 1.807) is 41.5 Å². The normalized spacial score (nSPS) is 16.0. The molecular weight excluding hydrogens is 429 g/mol. The number of nitrogens with one attached hydrogen (secondary N) is 2. The number of carbonyl (C=O) groups excluding carboxylic acids is 2. The van der Waals surface area contributed by atoms with Crippen molar-refractivity contribution >= 4 is 26.3 Å². The Morgan fingerprint density at radius 3 is 2.10 bits per heavy atom. The summed E-state index contributed by atoms with van der Waals surface area (Å²) in [4.78, 5) is 37.4. The second-order valence-corrected chi connectivity index (χ2v) is 10.6. The van der Waals surface area contributed by atoms with Gasteiger partial charge in [-0.1, -0.05) is 12.8 Å². The van der Waals surface area contributed by atoms with E-state index in [1.807, 2.05) is 0 Å². The van der Waals surface area contributed by atoms with Crippen molar-refractivity contribution in [2.24, 2.45) is 0 Å². The van der Waals surface area contributed by atoms with Crippen molar-refractivity contribution in [3.63, 3.8) is 0 Å². The van der Waals surface area contributed by atoms with Crippen LogP contribution in [0.25, 0.3) is 0 Å². The fourth-order valence-electron chi connectivity index (χ4n) is 2.39. The predicted octanol–water partition coefficient (Wildman–Crippen LogP) is 3.34. The number of phosphoric ester groups is 1. The van der Waals surface area contributed by atoms with Crippen molar-refractivity contribution in [1.82, 2.24) is 10.2 Å². The van der Waals surface area contributed by atoms with Crippen molar-refractivity contribution in [3.05, 3.63) is 0 Å². The van der Waals surface area contributed by atoms with Crippen LogP contribution in [0.4, 0.5) is 9.59 Å². The van der Waals surface area contributed by atoms with Gasteiger partial charge in [-0.3, -0.25) is 10.7 Å². The van der Waals surface area contributed by atoms with Gasteiger partial charge in [-0.2, -0.15) is 13.6 Å². The number of alkyl carbamates (subject to hydrolysis) is 1. The third kappa shape index (κ3) is 12.2. The summed E-state index contributed by atoms with van der Waals surface area (Å²) in [6, 6.07) is 0. The SMILES string of the molecule is CC(C)(C)OC(=O)NC(=N)N(CCCCCCO[P+]1([O-])OCCO1)C(=O)OC(C)(C)C. The molecule has 0 saturated carbocycles. The van der Waals surface area contributed by atoms with Crippen LogP contribution in [0.1, 0.15) is 67.2 Å². The molecule has 1 saturated heterocycles. The molecule has 0 aromatic heterocycles. The van der Waals surface area contributed by atoms with Gasteiger partial charge in [-0.25, -0.2) is 14.5 Å². The van der Waals surface area contributed by atoms with Gasteiger partial charge < -0.3 is 14.4 Å². The van der Waals surface area contributed by atoms with Crippen LogP contribution < -0.4 is 10.2 Å². The average molecular weight is 465 g/mol. The van der Waals surface area contributed by atoms with Crippen molar-refractivity contribution in [3.8, 4) is 0 Å². The molecule has 0 aromatic rings. The minimum atomic E-state index is -3.37. The van der Waals surface area contributed by atoms with Gasteiger partial charge >= 0.3 is 20.4 Å². The zero-order valence-electron chi connectivity index (χ0n) is 19.3. The van der Waals surface area contributed by atoms with Gasteiger partial charge in [0, 0.05) is 6.54 Å². The van der Waals surface area contributed by atoms with Crippen molar-refractivity contribution in [2.75, 3.05) is 26.4 Å². The highest BCUT2D eigenvalue weighted by Gasteiger charge is 2.38. The molecule has 0 aliphatic carbocycles. The van der Waals surface area contributed by atoms with Crippen LogP contribution in [-0.4, -0.2) is 60.6 Å². The second-order valence-electron chi connectivity index (χ2n) is 8.97. The van der Waals surface area contributed by atoms with E-state index in [1.165, 1.54) is 0 Å². The fraction of sp³-hybridized carbons (Fsp3) is 0.842. The summed E-state index contributed by atoms with van der Waals surface area (Å²) < 4.78 is 25.5. The number of ether oxygens (including phenoxy) is 2. The summed E-state index contributed by atoms with van der Waals surface area (Å²) >= 11 is 0. The number of hydrogen-bond acceptors (Lipinski definition) is 9. The molecule has 1 aliphatic heterocycles. The standard InChI is InChI=1S/C19H36N3O8P/c1-18(2,3)29-16(23)21-15(20)22(17(24)30-19(4,5)6)11-9-7-8-10-12-26-31(25)27-13-14-28-31/h7-14H2,1-6H3,(H2,20,21,23). The second kappa shape index (κ2) is 11.9. The van der Waals surface area contributed by atoms with E-state index in [0.717, 1.165) is 11.3 Å². The highest BCUT2D eigenvalue weighted by atomic mass is 31.2. The lowest BCUT2D eigenvalue weighted by atomic mass is 10.2. The van der Waals surface area contributed by atoms with Crippen LogP contribution in [0, 0.1) is 5.41 Å². The first-order chi connectivity index (χ1) is 14.2. The maximum Gasteiger partial charge on any atom is 0.417 e. The van der Waals surface area contributed by atoms with E-state index < -0.39 is 37.5 Å². The first-order valence-electron chi connectivity index (χ1n) is 10.3. The molecule has 11 nitrogen and oxygen atoms in total. The zero-order valence-corrected chi connectivity index (χ0v) is 20.2. The fourth-order valence-corrected chi connectivity index (χ4v) is 3.56. The number of rotatable bonds is 8. The third-order valence-electron chi connectivity index (χ3n) is 3.61. The first-order valence-corrected chi connectivity index (χ1v) is 11.8. The average Bonchev–Trinajstić information content (AvgIpc) is 3.00. The summed E-state index contributed by atoms with van der Waals surface area (Å²) in [7, 11) is -3.37. The topological polar surface area (TPSA) is 142 Å². The van der Waals surface area contributed by atoms with Crippen LogP contribution in [-0.2, 0) is 23.0 Å². The number of nitrogens with zero attached hydrogens (tertiary/aromatic N) is 1. The molecule has 12 heteroatoms. The number of carbonyl (C=O) groups is 2. The molecule has 1 heterocycles. The number of phosphoric acid groups is 1. The lowest BCUT2D eigenvalue weighted by Gasteiger charge is -2.28. The Balaban J connectivity index is 2.47. The molecule has 0 radical (unpaired) electrons. The Bertz CT molecular complexity index is 612. The molecule has 1 rings (SSSR count). The molecular formula is C19H36N3O8P. The Kier molecular flexibility index (Phi) is 10.6. The number of amides is 2. The van der Waals surface area contributed by atoms with Gasteiger partial charge in [0.05, 0.1) is 6.61 Å². The Morgan fingerprint density at radius 2 is 1.55 bits per heavy atom. The van der Waals surface area contributed by atoms with E-state index in [0.29, 0.717) is 19.3 Å². The number of unbranched alkanes of at least 4 members (excludes halogenated alkanes) is 3. The third-order valence-corrected chi connectivity index (χ3v) is 5.11. The molecule has 180 valence electrons. The summed E-state index contributed by atoms with van der Waals surface area (Å²) in [5, 5.41) is 10.4. The smallest absolute Gasteiger partial charge is 0.417 e. The van der Waals surface area contributed by atoms with Crippen LogP contribution in [0.15, 0.2) is 0 Å². The van der Waals surface area contributed by atoms with Gasteiger partial charge in [0.1, 0.15) is 24.4 Å². The van der Waals surface area contributed by atoms with E-state index in [2.05, 4.69) is 5.32 Å². The monoisotopic (exact) mass is 465 g/mol. The number of guanidine groups is 1. The summed E-state index contributed by atoms with van der Waals surface area (Å²) in [5.41, 5.74) is -1.48. The largest absolute Gasteiger partial charge is 0.606 e. The highest BCUT2D eigenvalue weighted by molar-refractivity contribution is 7.54. The summed E-state index contributed by atoms with van der Waals surface area (Å²) in [6.45, 7) is 11.2. The molecule has 0 atom stereocenters. The van der Waals surface area contributed by atoms with Crippen LogP contribution in [0.2, 0.25) is 0 Å². The van der Waals surface area contributed by atoms with E-state index in [4.69, 9.17) is 28.5 Å².